The third kappa shape index (κ3) is 2.60. The van der Waals surface area contributed by atoms with Crippen molar-refractivity contribution in [3.63, 3.8) is 0 Å². The average molecular weight is 94.1 g/mol. The quantitative estimate of drug-likeness (QED) is 0.394. The van der Waals surface area contributed by atoms with Gasteiger partial charge in [0.05, 0.1) is 0 Å². The Hall–Kier alpha value is -1.21. The van der Waals surface area contributed by atoms with Crippen LogP contribution in [0.25, 0.3) is 0 Å². The molecule has 0 aliphatic heterocycles. The molecule has 0 nitrogen and oxygen atoms in total. The fourth-order valence-electron chi connectivity index (χ4n) is 0.115. The van der Waals surface area contributed by atoms with Gasteiger partial charge in [0.1, 0.15) is 0 Å². The summed E-state index contributed by atoms with van der Waals surface area (Å²) in [6, 6.07) is 0. The SMILES string of the molecule is C#C/C=C(\F)C#C. The second kappa shape index (κ2) is 3.00. The molecule has 0 aromatic carbocycles. The van der Waals surface area contributed by atoms with Gasteiger partial charge in [0.15, 0.2) is 5.83 Å². The highest BCUT2D eigenvalue weighted by Gasteiger charge is 1.76. The number of rotatable bonds is 0. The Morgan fingerprint density at radius 1 is 1.57 bits per heavy atom. The summed E-state index contributed by atoms with van der Waals surface area (Å²) in [6.45, 7) is 0. The minimum atomic E-state index is -0.706. The zero-order valence-electron chi connectivity index (χ0n) is 3.61. The monoisotopic (exact) mass is 94.0 g/mol. The highest BCUT2D eigenvalue weighted by molar-refractivity contribution is 5.25. The summed E-state index contributed by atoms with van der Waals surface area (Å²) in [7, 11) is 0. The van der Waals surface area contributed by atoms with Gasteiger partial charge < -0.3 is 0 Å². The Labute approximate surface area is 42.0 Å². The molecule has 0 radical (unpaired) electrons. The highest BCUT2D eigenvalue weighted by Crippen LogP contribution is 1.88. The second-order valence-corrected chi connectivity index (χ2v) is 0.803. The van der Waals surface area contributed by atoms with Crippen molar-refractivity contribution >= 4 is 0 Å². The second-order valence-electron chi connectivity index (χ2n) is 0.803. The molecule has 0 saturated heterocycles. The molecule has 0 spiro atoms. The fourth-order valence-corrected chi connectivity index (χ4v) is 0.115. The van der Waals surface area contributed by atoms with Crippen molar-refractivity contribution in [1.82, 2.24) is 0 Å². The van der Waals surface area contributed by atoms with Gasteiger partial charge in [-0.05, 0) is 5.92 Å². The first-order chi connectivity index (χ1) is 3.31. The number of hydrogen-bond donors (Lipinski definition) is 0. The summed E-state index contributed by atoms with van der Waals surface area (Å²) >= 11 is 0. The molecule has 7 heavy (non-hydrogen) atoms. The van der Waals surface area contributed by atoms with Crippen LogP contribution in [0, 0.1) is 24.7 Å². The van der Waals surface area contributed by atoms with E-state index in [1.807, 2.05) is 5.92 Å². The van der Waals surface area contributed by atoms with Gasteiger partial charge >= 0.3 is 0 Å². The van der Waals surface area contributed by atoms with Crippen LogP contribution in [0.15, 0.2) is 11.9 Å². The smallest absolute Gasteiger partial charge is 0.181 e. The number of allylic oxidation sites excluding steroid dienone is 2. The maximum atomic E-state index is 11.6. The van der Waals surface area contributed by atoms with Crippen LogP contribution in [0.2, 0.25) is 0 Å². The van der Waals surface area contributed by atoms with Gasteiger partial charge in [0, 0.05) is 6.08 Å². The summed E-state index contributed by atoms with van der Waals surface area (Å²) < 4.78 is 11.6. The van der Waals surface area contributed by atoms with E-state index < -0.39 is 5.83 Å². The number of halogens is 1. The number of terminal acetylenes is 2. The first kappa shape index (κ1) is 5.79. The molecule has 0 bridgehead atoms. The summed E-state index contributed by atoms with van der Waals surface area (Å²) in [5, 5.41) is 0. The first-order valence-corrected chi connectivity index (χ1v) is 1.59. The van der Waals surface area contributed by atoms with Gasteiger partial charge in [-0.25, -0.2) is 0 Å². The van der Waals surface area contributed by atoms with Crippen LogP contribution in [0.5, 0.6) is 0 Å². The molecule has 0 aliphatic rings. The van der Waals surface area contributed by atoms with E-state index in [1.165, 1.54) is 0 Å². The largest absolute Gasteiger partial charge is 0.196 e. The maximum Gasteiger partial charge on any atom is 0.181 e. The van der Waals surface area contributed by atoms with E-state index >= 15 is 0 Å². The zero-order valence-corrected chi connectivity index (χ0v) is 3.61. The Bertz CT molecular complexity index is 152. The van der Waals surface area contributed by atoms with Crippen LogP contribution >= 0.6 is 0 Å². The Morgan fingerprint density at radius 3 is 2.29 bits per heavy atom. The maximum absolute atomic E-state index is 11.6. The van der Waals surface area contributed by atoms with E-state index in [0.717, 1.165) is 6.08 Å². The molecule has 0 fully saturated rings. The lowest BCUT2D eigenvalue weighted by molar-refractivity contribution is 0.677. The summed E-state index contributed by atoms with van der Waals surface area (Å²) in [5.74, 6) is 2.95. The van der Waals surface area contributed by atoms with Crippen LogP contribution in [0.3, 0.4) is 0 Å². The van der Waals surface area contributed by atoms with Crippen LogP contribution < -0.4 is 0 Å². The molecule has 0 aliphatic carbocycles. The summed E-state index contributed by atoms with van der Waals surface area (Å²) in [4.78, 5) is 0. The molecule has 0 aromatic heterocycles. The molecule has 0 aromatic rings. The van der Waals surface area contributed by atoms with E-state index in [0.29, 0.717) is 0 Å². The minimum absolute atomic E-state index is 0.706. The lowest BCUT2D eigenvalue weighted by atomic mass is 10.5. The van der Waals surface area contributed by atoms with Gasteiger partial charge in [0.25, 0.3) is 0 Å². The van der Waals surface area contributed by atoms with Gasteiger partial charge in [-0.2, -0.15) is 4.39 Å². The standard InChI is InChI=1S/C6H3F/c1-3-5-6(7)4-2/h1-2,5H/b6-5-. The van der Waals surface area contributed by atoms with Gasteiger partial charge in [0.2, 0.25) is 0 Å². The van der Waals surface area contributed by atoms with Crippen molar-refractivity contribution in [3.05, 3.63) is 11.9 Å². The Kier molecular flexibility index (Phi) is 2.48. The molecule has 0 rings (SSSR count). The van der Waals surface area contributed by atoms with Crippen molar-refractivity contribution in [2.75, 3.05) is 0 Å². The lowest BCUT2D eigenvalue weighted by Gasteiger charge is -1.68. The van der Waals surface area contributed by atoms with Crippen molar-refractivity contribution < 1.29 is 4.39 Å². The third-order valence-corrected chi connectivity index (χ3v) is 0.348. The van der Waals surface area contributed by atoms with Crippen molar-refractivity contribution in [1.29, 1.82) is 0 Å². The number of hydrogen-bond acceptors (Lipinski definition) is 0. The molecular formula is C6H3F. The molecule has 0 N–H and O–H groups in total. The average Bonchev–Trinajstić information content (AvgIpc) is 1.68. The molecule has 1 heteroatoms. The van der Waals surface area contributed by atoms with E-state index in [4.69, 9.17) is 0 Å². The first-order valence-electron chi connectivity index (χ1n) is 1.59. The van der Waals surface area contributed by atoms with Crippen LogP contribution in [0.4, 0.5) is 4.39 Å². The van der Waals surface area contributed by atoms with E-state index in [1.54, 1.807) is 5.92 Å². The Balaban J connectivity index is 3.89. The van der Waals surface area contributed by atoms with Gasteiger partial charge in [-0.15, -0.1) is 12.8 Å². The fraction of sp³-hybridized carbons (Fsp3) is 0. The molecule has 0 heterocycles. The van der Waals surface area contributed by atoms with Crippen molar-refractivity contribution in [2.24, 2.45) is 0 Å². The van der Waals surface area contributed by atoms with E-state index in [9.17, 15) is 4.39 Å². The van der Waals surface area contributed by atoms with E-state index in [-0.39, 0.29) is 0 Å². The van der Waals surface area contributed by atoms with Gasteiger partial charge in [-0.3, -0.25) is 0 Å². The predicted octanol–water partition coefficient (Wildman–Crippen LogP) is 1.11. The molecule has 0 amide bonds. The van der Waals surface area contributed by atoms with E-state index in [2.05, 4.69) is 12.8 Å². The molecule has 34 valence electrons. The van der Waals surface area contributed by atoms with Gasteiger partial charge in [-0.1, -0.05) is 5.92 Å². The molecule has 0 atom stereocenters. The Morgan fingerprint density at radius 2 is 2.14 bits per heavy atom. The third-order valence-electron chi connectivity index (χ3n) is 0.348. The topological polar surface area (TPSA) is 0 Å². The summed E-state index contributed by atoms with van der Waals surface area (Å²) in [6.07, 6.45) is 10.1. The summed E-state index contributed by atoms with van der Waals surface area (Å²) in [5.41, 5.74) is 0. The van der Waals surface area contributed by atoms with Crippen LogP contribution in [-0.4, -0.2) is 0 Å². The molecule has 0 unspecified atom stereocenters. The molecule has 0 saturated carbocycles. The molecular weight excluding hydrogens is 91.1 g/mol. The predicted molar refractivity (Wildman–Crippen MR) is 26.9 cm³/mol. The van der Waals surface area contributed by atoms with Crippen molar-refractivity contribution in [2.45, 2.75) is 0 Å². The lowest BCUT2D eigenvalue weighted by Crippen LogP contribution is -1.58. The van der Waals surface area contributed by atoms with Crippen molar-refractivity contribution in [3.8, 4) is 24.7 Å². The van der Waals surface area contributed by atoms with Crippen LogP contribution in [-0.2, 0) is 0 Å². The highest BCUT2D eigenvalue weighted by atomic mass is 19.1. The van der Waals surface area contributed by atoms with Crippen LogP contribution in [0.1, 0.15) is 0 Å². The zero-order chi connectivity index (χ0) is 5.70. The minimum Gasteiger partial charge on any atom is -0.196 e. The normalized spacial score (nSPS) is 9.29.